The molecule has 59 heavy (non-hydrogen) atoms. The minimum Gasteiger partial charge on any atom is -0.444 e. The second kappa shape index (κ2) is 16.1. The fraction of sp³-hybridized carbons (Fsp3) is 0.548. The second-order valence-corrected chi connectivity index (χ2v) is 19.8. The molecule has 0 spiro atoms. The van der Waals surface area contributed by atoms with Gasteiger partial charge in [-0.25, -0.2) is 22.4 Å². The molecule has 7 rings (SSSR count). The third kappa shape index (κ3) is 9.34. The van der Waals surface area contributed by atoms with Crippen molar-refractivity contribution in [3.63, 3.8) is 0 Å². The van der Waals surface area contributed by atoms with Crippen LogP contribution >= 0.6 is 0 Å². The molecule has 2 aromatic rings. The summed E-state index contributed by atoms with van der Waals surface area (Å²) in [5.41, 5.74) is -0.291. The van der Waals surface area contributed by atoms with Gasteiger partial charge in [-0.15, -0.1) is 0 Å². The van der Waals surface area contributed by atoms with Crippen molar-refractivity contribution in [1.82, 2.24) is 19.8 Å². The summed E-state index contributed by atoms with van der Waals surface area (Å²) in [5, 5.41) is 8.86. The van der Waals surface area contributed by atoms with Crippen LogP contribution in [0.2, 0.25) is 0 Å². The monoisotopic (exact) mass is 836 g/mol. The van der Waals surface area contributed by atoms with Gasteiger partial charge in [0, 0.05) is 35.8 Å². The van der Waals surface area contributed by atoms with Crippen LogP contribution in [0.3, 0.4) is 0 Å². The molecule has 5 atom stereocenters. The van der Waals surface area contributed by atoms with Crippen molar-refractivity contribution in [3.8, 4) is 0 Å². The van der Waals surface area contributed by atoms with Crippen LogP contribution in [-0.2, 0) is 47.0 Å². The number of hydrogen-bond donors (Lipinski definition) is 4. The summed E-state index contributed by atoms with van der Waals surface area (Å²) in [6, 6.07) is 9.38. The summed E-state index contributed by atoms with van der Waals surface area (Å²) in [5.74, 6) is -2.89. The molecule has 2 aliphatic carbocycles. The third-order valence-electron chi connectivity index (χ3n) is 11.8. The molecule has 2 saturated carbocycles. The number of nitrogens with one attached hydrogen (secondary N) is 4. The van der Waals surface area contributed by atoms with Crippen LogP contribution in [0.4, 0.5) is 25.4 Å². The number of carbonyl (C=O) groups is 5. The highest BCUT2D eigenvalue weighted by atomic mass is 32.2. The molecule has 3 fully saturated rings. The highest BCUT2D eigenvalue weighted by Crippen LogP contribution is 2.47. The van der Waals surface area contributed by atoms with E-state index in [1.165, 1.54) is 15.9 Å². The lowest BCUT2D eigenvalue weighted by Crippen LogP contribution is -2.58. The molecule has 3 aliphatic heterocycles. The number of fused-ring (bicyclic) bond motifs is 3. The van der Waals surface area contributed by atoms with Gasteiger partial charge in [-0.3, -0.25) is 29.3 Å². The van der Waals surface area contributed by atoms with Gasteiger partial charge in [-0.2, -0.15) is 0 Å². The Hall–Kier alpha value is -5.19. The van der Waals surface area contributed by atoms with Crippen LogP contribution in [0.5, 0.6) is 0 Å². The number of amides is 5. The van der Waals surface area contributed by atoms with Gasteiger partial charge in [0.25, 0.3) is 5.91 Å². The minimum absolute atomic E-state index is 0.00243. The number of benzene rings is 2. The van der Waals surface area contributed by atoms with Crippen LogP contribution in [0.15, 0.2) is 54.6 Å². The highest BCUT2D eigenvalue weighted by Gasteiger charge is 2.63. The van der Waals surface area contributed by atoms with Gasteiger partial charge in [-0.05, 0) is 96.0 Å². The van der Waals surface area contributed by atoms with Gasteiger partial charge < -0.3 is 25.0 Å². The Bertz CT molecular complexity index is 2150. The number of carbonyl (C=O) groups excluding carboxylic acids is 5. The maximum Gasteiger partial charge on any atom is 0.412 e. The number of anilines is 2. The summed E-state index contributed by atoms with van der Waals surface area (Å²) >= 11 is 0. The van der Waals surface area contributed by atoms with E-state index in [0.29, 0.717) is 54.6 Å². The van der Waals surface area contributed by atoms with Crippen molar-refractivity contribution in [3.05, 3.63) is 71.6 Å². The highest BCUT2D eigenvalue weighted by molar-refractivity contribution is 7.91. The van der Waals surface area contributed by atoms with Crippen molar-refractivity contribution in [2.75, 3.05) is 17.2 Å². The molecule has 5 amide bonds. The molecule has 0 bridgehead atoms. The number of halogens is 1. The topological polar surface area (TPSA) is 193 Å². The molecule has 5 aliphatic rings. The maximum absolute atomic E-state index is 14.7. The molecule has 2 aromatic carbocycles. The summed E-state index contributed by atoms with van der Waals surface area (Å²) in [4.78, 5) is 71.8. The molecule has 4 N–H and O–H groups in total. The Morgan fingerprint density at radius 1 is 1.00 bits per heavy atom. The molecule has 0 unspecified atom stereocenters. The normalized spacial score (nSPS) is 27.1. The second-order valence-electron chi connectivity index (χ2n) is 17.6. The summed E-state index contributed by atoms with van der Waals surface area (Å²) < 4.78 is 53.4. The molecule has 17 heteroatoms. The van der Waals surface area contributed by atoms with Crippen LogP contribution in [0.25, 0.3) is 0 Å². The van der Waals surface area contributed by atoms with Crippen molar-refractivity contribution >= 4 is 51.3 Å². The van der Waals surface area contributed by atoms with Crippen LogP contribution in [0, 0.1) is 11.7 Å². The van der Waals surface area contributed by atoms with Crippen LogP contribution in [0.1, 0.15) is 96.6 Å². The van der Waals surface area contributed by atoms with E-state index in [1.807, 2.05) is 12.2 Å². The minimum atomic E-state index is -4.03. The predicted molar refractivity (Wildman–Crippen MR) is 216 cm³/mol. The van der Waals surface area contributed by atoms with E-state index in [0.717, 1.165) is 12.8 Å². The van der Waals surface area contributed by atoms with Gasteiger partial charge in [0.15, 0.2) is 0 Å². The van der Waals surface area contributed by atoms with Crippen molar-refractivity contribution in [2.24, 2.45) is 5.92 Å². The Labute approximate surface area is 343 Å². The number of rotatable bonds is 7. The molecule has 3 heterocycles. The Morgan fingerprint density at radius 2 is 1.75 bits per heavy atom. The predicted octanol–water partition coefficient (Wildman–Crippen LogP) is 5.47. The van der Waals surface area contributed by atoms with E-state index >= 15 is 0 Å². The fourth-order valence-corrected chi connectivity index (χ4v) is 9.30. The SMILES string of the molecule is CC(C)(C)OC(=O)Nc1cccc(N[C@H]2CCCCC/C=C\[C@@H]3C[C@@]3(C(=O)NS(=O)(=O)C3(C)CC3)NC(=O)[C@@H]3C[C@@H](OC(=O)N4Cc5cccc(F)c5C4)CN3C2=O)c1. The average Bonchev–Trinajstić information content (AvgIpc) is 3.95. The number of ether oxygens (including phenoxy) is 2. The van der Waals surface area contributed by atoms with Crippen molar-refractivity contribution in [2.45, 2.75) is 133 Å². The maximum atomic E-state index is 14.7. The van der Waals surface area contributed by atoms with E-state index in [1.54, 1.807) is 64.1 Å². The van der Waals surface area contributed by atoms with E-state index in [-0.39, 0.29) is 32.5 Å². The first-order chi connectivity index (χ1) is 27.9. The zero-order valence-corrected chi connectivity index (χ0v) is 34.7. The molecular formula is C42H53FN6O9S. The molecule has 15 nitrogen and oxygen atoms in total. The third-order valence-corrected chi connectivity index (χ3v) is 13.9. The van der Waals surface area contributed by atoms with Crippen LogP contribution < -0.4 is 20.7 Å². The first kappa shape index (κ1) is 42.0. The summed E-state index contributed by atoms with van der Waals surface area (Å²) in [6.45, 7) is 6.81. The zero-order valence-electron chi connectivity index (χ0n) is 33.8. The van der Waals surface area contributed by atoms with E-state index in [9.17, 15) is 36.8 Å². The van der Waals surface area contributed by atoms with Gasteiger partial charge in [0.05, 0.1) is 17.8 Å². The van der Waals surface area contributed by atoms with Crippen molar-refractivity contribution in [1.29, 1.82) is 0 Å². The number of allylic oxidation sites excluding steroid dienone is 1. The van der Waals surface area contributed by atoms with Crippen molar-refractivity contribution < 1.29 is 46.3 Å². The zero-order chi connectivity index (χ0) is 42.3. The first-order valence-electron chi connectivity index (χ1n) is 20.3. The lowest BCUT2D eigenvalue weighted by molar-refractivity contribution is -0.140. The Morgan fingerprint density at radius 3 is 2.47 bits per heavy atom. The van der Waals surface area contributed by atoms with E-state index in [2.05, 4.69) is 20.7 Å². The van der Waals surface area contributed by atoms with Crippen LogP contribution in [-0.4, -0.2) is 88.7 Å². The standard InChI is InChI=1S/C42H53FN6O9S/c1-40(2,3)58-38(53)45-29-15-11-14-28(20-29)44-33-17-9-7-5-6-8-13-27-22-42(27,37(52)47-59(55,56)41(4)18-19-41)46-35(50)34-21-30(24-49(34)36(33)51)57-39(54)48-23-26-12-10-16-32(43)31(26)25-48/h8,10-16,20,27,30,33-34,44H,5-7,9,17-19,21-25H2,1-4H3,(H,45,53)(H,46,50)(H,47,52)/b13-8-/t27-,30-,33+,34+,42-/m1/s1. The lowest BCUT2D eigenvalue weighted by Gasteiger charge is -2.30. The number of nitrogens with zero attached hydrogens (tertiary/aromatic N) is 2. The van der Waals surface area contributed by atoms with Gasteiger partial charge in [0.1, 0.15) is 35.1 Å². The summed E-state index contributed by atoms with van der Waals surface area (Å²) in [6.07, 6.45) is 5.61. The molecular weight excluding hydrogens is 784 g/mol. The number of hydrogen-bond acceptors (Lipinski definition) is 10. The lowest BCUT2D eigenvalue weighted by atomic mass is 10.0. The molecule has 0 radical (unpaired) electrons. The van der Waals surface area contributed by atoms with Gasteiger partial charge >= 0.3 is 12.2 Å². The smallest absolute Gasteiger partial charge is 0.412 e. The molecule has 1 saturated heterocycles. The quantitative estimate of drug-likeness (QED) is 0.260. The number of sulfonamides is 1. The fourth-order valence-electron chi connectivity index (χ4n) is 7.98. The van der Waals surface area contributed by atoms with Gasteiger partial charge in [0.2, 0.25) is 21.8 Å². The molecule has 0 aromatic heterocycles. The largest absolute Gasteiger partial charge is 0.444 e. The first-order valence-corrected chi connectivity index (χ1v) is 21.8. The van der Waals surface area contributed by atoms with E-state index in [4.69, 9.17) is 9.47 Å². The molecule has 318 valence electrons. The van der Waals surface area contributed by atoms with Gasteiger partial charge in [-0.1, -0.05) is 43.2 Å². The summed E-state index contributed by atoms with van der Waals surface area (Å²) in [7, 11) is -4.03. The Balaban J connectivity index is 1.14. The average molecular weight is 837 g/mol. The Kier molecular flexibility index (Phi) is 11.5. The van der Waals surface area contributed by atoms with E-state index < -0.39 is 85.7 Å².